The number of carbonyl (C=O) groups excluding carboxylic acids is 1. The van der Waals surface area contributed by atoms with Gasteiger partial charge in [-0.3, -0.25) is 0 Å². The average molecular weight is 425 g/mol. The molecule has 0 saturated carbocycles. The van der Waals surface area contributed by atoms with Crippen molar-refractivity contribution in [3.63, 3.8) is 0 Å². The minimum atomic E-state index is -0.306. The molecule has 0 fully saturated rings. The number of benzene rings is 2. The Balaban J connectivity index is 1.76. The SMILES string of the molecule is CCCCCCCCCCc1ccc(-c2ccc(C(=O)OC(C)COCC)cc2)cc1. The zero-order chi connectivity index (χ0) is 22.3. The predicted molar refractivity (Wildman–Crippen MR) is 130 cm³/mol. The topological polar surface area (TPSA) is 35.5 Å². The second-order valence-corrected chi connectivity index (χ2v) is 8.37. The standard InChI is InChI=1S/C28H40O3/c1-4-6-7-8-9-10-11-12-13-24-14-16-25(17-15-24)26-18-20-27(21-19-26)28(29)31-23(3)22-30-5-2/h14-21,23H,4-13,22H2,1-3H3. The van der Waals surface area contributed by atoms with Gasteiger partial charge in [-0.25, -0.2) is 4.79 Å². The van der Waals surface area contributed by atoms with Crippen LogP contribution in [0, 0.1) is 0 Å². The lowest BCUT2D eigenvalue weighted by Crippen LogP contribution is -2.20. The number of aryl methyl sites for hydroxylation is 1. The third-order valence-electron chi connectivity index (χ3n) is 5.59. The molecule has 170 valence electrons. The first-order chi connectivity index (χ1) is 15.1. The first kappa shape index (κ1) is 25.1. The average Bonchev–Trinajstić information content (AvgIpc) is 2.80. The summed E-state index contributed by atoms with van der Waals surface area (Å²) in [7, 11) is 0. The van der Waals surface area contributed by atoms with E-state index in [0.717, 1.165) is 12.0 Å². The van der Waals surface area contributed by atoms with Crippen LogP contribution in [0.2, 0.25) is 0 Å². The van der Waals surface area contributed by atoms with Crippen LogP contribution in [0.1, 0.15) is 88.1 Å². The van der Waals surface area contributed by atoms with Crippen molar-refractivity contribution in [2.24, 2.45) is 0 Å². The molecule has 0 bridgehead atoms. The second-order valence-electron chi connectivity index (χ2n) is 8.37. The van der Waals surface area contributed by atoms with E-state index in [-0.39, 0.29) is 12.1 Å². The summed E-state index contributed by atoms with van der Waals surface area (Å²) in [6.45, 7) is 7.08. The fraction of sp³-hybridized carbons (Fsp3) is 0.536. The molecular formula is C28H40O3. The van der Waals surface area contributed by atoms with Gasteiger partial charge in [-0.2, -0.15) is 0 Å². The Bertz CT molecular complexity index is 734. The van der Waals surface area contributed by atoms with Gasteiger partial charge in [-0.1, -0.05) is 88.3 Å². The maximum absolute atomic E-state index is 12.2. The number of unbranched alkanes of at least 4 members (excludes halogenated alkanes) is 7. The molecule has 2 aromatic carbocycles. The van der Waals surface area contributed by atoms with Crippen LogP contribution >= 0.6 is 0 Å². The number of ether oxygens (including phenoxy) is 2. The molecule has 0 aliphatic heterocycles. The Morgan fingerprint density at radius 2 is 1.32 bits per heavy atom. The normalized spacial score (nSPS) is 12.0. The van der Waals surface area contributed by atoms with Crippen molar-refractivity contribution in [3.8, 4) is 11.1 Å². The van der Waals surface area contributed by atoms with Gasteiger partial charge in [0.1, 0.15) is 6.10 Å². The van der Waals surface area contributed by atoms with E-state index in [1.54, 1.807) is 0 Å². The largest absolute Gasteiger partial charge is 0.457 e. The van der Waals surface area contributed by atoms with Gasteiger partial charge in [0.25, 0.3) is 0 Å². The van der Waals surface area contributed by atoms with E-state index >= 15 is 0 Å². The van der Waals surface area contributed by atoms with E-state index in [1.165, 1.54) is 62.5 Å². The molecule has 0 aliphatic rings. The highest BCUT2D eigenvalue weighted by Gasteiger charge is 2.12. The van der Waals surface area contributed by atoms with Gasteiger partial charge in [-0.05, 0) is 55.5 Å². The highest BCUT2D eigenvalue weighted by atomic mass is 16.6. The molecule has 31 heavy (non-hydrogen) atoms. The summed E-state index contributed by atoms with van der Waals surface area (Å²) in [5.74, 6) is -0.306. The van der Waals surface area contributed by atoms with Crippen LogP contribution in [0.3, 0.4) is 0 Å². The molecule has 3 nitrogen and oxygen atoms in total. The van der Waals surface area contributed by atoms with Crippen molar-refractivity contribution >= 4 is 5.97 Å². The molecule has 1 unspecified atom stereocenters. The van der Waals surface area contributed by atoms with E-state index in [9.17, 15) is 4.79 Å². The molecule has 2 rings (SSSR count). The van der Waals surface area contributed by atoms with Gasteiger partial charge < -0.3 is 9.47 Å². The molecule has 0 aliphatic carbocycles. The van der Waals surface area contributed by atoms with Crippen molar-refractivity contribution in [1.82, 2.24) is 0 Å². The predicted octanol–water partition coefficient (Wildman–Crippen LogP) is 7.62. The highest BCUT2D eigenvalue weighted by molar-refractivity contribution is 5.90. The molecule has 1 atom stereocenters. The van der Waals surface area contributed by atoms with E-state index in [1.807, 2.05) is 38.1 Å². The summed E-state index contributed by atoms with van der Waals surface area (Å²) < 4.78 is 10.7. The summed E-state index contributed by atoms with van der Waals surface area (Å²) in [5, 5.41) is 0. The maximum atomic E-state index is 12.2. The Hall–Kier alpha value is -2.13. The minimum Gasteiger partial charge on any atom is -0.457 e. The third-order valence-corrected chi connectivity index (χ3v) is 5.59. The van der Waals surface area contributed by atoms with Gasteiger partial charge in [0, 0.05) is 6.61 Å². The van der Waals surface area contributed by atoms with Gasteiger partial charge in [0.2, 0.25) is 0 Å². The Kier molecular flexibility index (Phi) is 12.0. The minimum absolute atomic E-state index is 0.249. The van der Waals surface area contributed by atoms with E-state index in [4.69, 9.17) is 9.47 Å². The summed E-state index contributed by atoms with van der Waals surface area (Å²) in [5.41, 5.74) is 4.25. The monoisotopic (exact) mass is 424 g/mol. The van der Waals surface area contributed by atoms with Crippen molar-refractivity contribution in [2.45, 2.75) is 84.7 Å². The lowest BCUT2D eigenvalue weighted by atomic mass is 10.00. The van der Waals surface area contributed by atoms with Crippen LogP contribution in [0.4, 0.5) is 0 Å². The highest BCUT2D eigenvalue weighted by Crippen LogP contribution is 2.22. The second kappa shape index (κ2) is 14.8. The molecule has 0 radical (unpaired) electrons. The Morgan fingerprint density at radius 3 is 1.90 bits per heavy atom. The molecule has 0 heterocycles. The van der Waals surface area contributed by atoms with Crippen LogP contribution in [0.5, 0.6) is 0 Å². The van der Waals surface area contributed by atoms with Gasteiger partial charge in [0.05, 0.1) is 12.2 Å². The lowest BCUT2D eigenvalue weighted by Gasteiger charge is -2.13. The Labute approximate surface area is 189 Å². The summed E-state index contributed by atoms with van der Waals surface area (Å²) in [6.07, 6.45) is 11.7. The van der Waals surface area contributed by atoms with E-state index < -0.39 is 0 Å². The molecule has 0 spiro atoms. The van der Waals surface area contributed by atoms with Crippen LogP contribution in [0.25, 0.3) is 11.1 Å². The fourth-order valence-corrected chi connectivity index (χ4v) is 3.69. The molecular weight excluding hydrogens is 384 g/mol. The molecule has 0 aromatic heterocycles. The molecule has 0 amide bonds. The van der Waals surface area contributed by atoms with Crippen molar-refractivity contribution in [2.75, 3.05) is 13.2 Å². The van der Waals surface area contributed by atoms with Gasteiger partial charge in [-0.15, -0.1) is 0 Å². The summed E-state index contributed by atoms with van der Waals surface area (Å²) in [4.78, 5) is 12.2. The van der Waals surface area contributed by atoms with E-state index in [2.05, 4.69) is 31.2 Å². The number of hydrogen-bond acceptors (Lipinski definition) is 3. The number of hydrogen-bond donors (Lipinski definition) is 0. The summed E-state index contributed by atoms with van der Waals surface area (Å²) in [6, 6.07) is 16.4. The molecule has 3 heteroatoms. The van der Waals surface area contributed by atoms with E-state index in [0.29, 0.717) is 18.8 Å². The smallest absolute Gasteiger partial charge is 0.338 e. The molecule has 0 N–H and O–H groups in total. The van der Waals surface area contributed by atoms with Crippen molar-refractivity contribution in [1.29, 1.82) is 0 Å². The Morgan fingerprint density at radius 1 is 0.774 bits per heavy atom. The zero-order valence-electron chi connectivity index (χ0n) is 19.7. The maximum Gasteiger partial charge on any atom is 0.338 e. The molecule has 2 aromatic rings. The number of rotatable bonds is 15. The van der Waals surface area contributed by atoms with Crippen LogP contribution in [0.15, 0.2) is 48.5 Å². The number of carbonyl (C=O) groups is 1. The van der Waals surface area contributed by atoms with Gasteiger partial charge in [0.15, 0.2) is 0 Å². The lowest BCUT2D eigenvalue weighted by molar-refractivity contribution is 0.00440. The molecule has 0 saturated heterocycles. The number of esters is 1. The zero-order valence-corrected chi connectivity index (χ0v) is 19.7. The van der Waals surface area contributed by atoms with Crippen LogP contribution < -0.4 is 0 Å². The van der Waals surface area contributed by atoms with Gasteiger partial charge >= 0.3 is 5.97 Å². The first-order valence-electron chi connectivity index (χ1n) is 12.1. The van der Waals surface area contributed by atoms with Crippen LogP contribution in [-0.4, -0.2) is 25.3 Å². The third kappa shape index (κ3) is 9.69. The first-order valence-corrected chi connectivity index (χ1v) is 12.1. The van der Waals surface area contributed by atoms with Crippen molar-refractivity contribution < 1.29 is 14.3 Å². The quantitative estimate of drug-likeness (QED) is 0.218. The van der Waals surface area contributed by atoms with Crippen molar-refractivity contribution in [3.05, 3.63) is 59.7 Å². The summed E-state index contributed by atoms with van der Waals surface area (Å²) >= 11 is 0. The van der Waals surface area contributed by atoms with Crippen LogP contribution in [-0.2, 0) is 15.9 Å². The fourth-order valence-electron chi connectivity index (χ4n) is 3.69.